The topological polar surface area (TPSA) is 0 Å². The van der Waals surface area contributed by atoms with Gasteiger partial charge in [-0.05, 0) is 34.4 Å². The van der Waals surface area contributed by atoms with Crippen LogP contribution in [0.15, 0.2) is 104 Å². The molecule has 0 bridgehead atoms. The average molecular weight is 399 g/mol. The van der Waals surface area contributed by atoms with Crippen molar-refractivity contribution in [3.8, 4) is 0 Å². The molecule has 0 aliphatic rings. The van der Waals surface area contributed by atoms with Crippen molar-refractivity contribution in [2.45, 2.75) is 51.0 Å². The third kappa shape index (κ3) is 5.58. The highest BCUT2D eigenvalue weighted by molar-refractivity contribution is 7.11. The van der Waals surface area contributed by atoms with Gasteiger partial charge in [0.05, 0.1) is 0 Å². The quantitative estimate of drug-likeness (QED) is 0.150. The van der Waals surface area contributed by atoms with Gasteiger partial charge in [-0.15, -0.1) is 6.58 Å². The van der Waals surface area contributed by atoms with Gasteiger partial charge in [-0.2, -0.15) is 0 Å². The highest BCUT2D eigenvalue weighted by Crippen LogP contribution is 2.18. The minimum atomic E-state index is -2.02. The van der Waals surface area contributed by atoms with E-state index in [0.29, 0.717) is 0 Å². The highest BCUT2D eigenvalue weighted by atomic mass is 28.3. The lowest BCUT2D eigenvalue weighted by Gasteiger charge is -2.34. The molecule has 0 amide bonds. The van der Waals surface area contributed by atoms with E-state index >= 15 is 0 Å². The van der Waals surface area contributed by atoms with Crippen molar-refractivity contribution < 1.29 is 0 Å². The van der Waals surface area contributed by atoms with E-state index in [1.54, 1.807) is 0 Å². The van der Waals surface area contributed by atoms with E-state index in [9.17, 15) is 0 Å². The van der Waals surface area contributed by atoms with Crippen LogP contribution < -0.4 is 15.6 Å². The third-order valence-electron chi connectivity index (χ3n) is 6.01. The molecule has 0 aliphatic heterocycles. The lowest BCUT2D eigenvalue weighted by molar-refractivity contribution is 0.610. The van der Waals surface area contributed by atoms with Crippen LogP contribution in [0.1, 0.15) is 44.9 Å². The van der Waals surface area contributed by atoms with Crippen molar-refractivity contribution in [1.82, 2.24) is 0 Å². The van der Waals surface area contributed by atoms with E-state index in [1.807, 2.05) is 6.08 Å². The molecule has 0 aromatic heterocycles. The zero-order valence-corrected chi connectivity index (χ0v) is 18.6. The maximum absolute atomic E-state index is 3.83. The van der Waals surface area contributed by atoms with Gasteiger partial charge in [0, 0.05) is 0 Å². The zero-order valence-electron chi connectivity index (χ0n) is 17.6. The van der Waals surface area contributed by atoms with E-state index in [4.69, 9.17) is 0 Å². The zero-order chi connectivity index (χ0) is 20.2. The van der Waals surface area contributed by atoms with Crippen LogP contribution in [-0.2, 0) is 0 Å². The first kappa shape index (κ1) is 21.3. The van der Waals surface area contributed by atoms with Gasteiger partial charge in [0.2, 0.25) is 0 Å². The number of benzene rings is 3. The number of hydrogen-bond donors (Lipinski definition) is 0. The highest BCUT2D eigenvalue weighted by Gasteiger charge is 2.38. The summed E-state index contributed by atoms with van der Waals surface area (Å²) in [4.78, 5) is 0. The molecule has 0 fully saturated rings. The van der Waals surface area contributed by atoms with Gasteiger partial charge in [0.25, 0.3) is 0 Å². The summed E-state index contributed by atoms with van der Waals surface area (Å²) >= 11 is 0. The van der Waals surface area contributed by atoms with Gasteiger partial charge in [-0.25, -0.2) is 0 Å². The maximum atomic E-state index is 3.83. The molecule has 0 heterocycles. The Kier molecular flexibility index (Phi) is 8.52. The van der Waals surface area contributed by atoms with Gasteiger partial charge in [-0.3, -0.25) is 0 Å². The first-order valence-corrected chi connectivity index (χ1v) is 13.4. The van der Waals surface area contributed by atoms with Gasteiger partial charge < -0.3 is 0 Å². The standard InChI is InChI=1S/C28H34Si/c1-2-3-4-5-6-7-8-18-25-29(26-19-12-9-13-20-26,27-21-14-10-15-22-27)28-23-16-11-17-24-28/h2,9-17,19-24H,1,3-8,18,25H2. The van der Waals surface area contributed by atoms with Crippen LogP contribution in [0, 0.1) is 0 Å². The summed E-state index contributed by atoms with van der Waals surface area (Å²) in [5, 5.41) is 4.59. The summed E-state index contributed by atoms with van der Waals surface area (Å²) in [6, 6.07) is 35.1. The van der Waals surface area contributed by atoms with Crippen molar-refractivity contribution in [3.63, 3.8) is 0 Å². The number of hydrogen-bond acceptors (Lipinski definition) is 0. The predicted molar refractivity (Wildman–Crippen MR) is 131 cm³/mol. The summed E-state index contributed by atoms with van der Waals surface area (Å²) in [5.41, 5.74) is 0. The first-order chi connectivity index (χ1) is 14.4. The molecule has 0 aliphatic carbocycles. The van der Waals surface area contributed by atoms with E-state index in [1.165, 1.54) is 60.1 Å². The van der Waals surface area contributed by atoms with Crippen molar-refractivity contribution >= 4 is 23.6 Å². The summed E-state index contributed by atoms with van der Waals surface area (Å²) in [5.74, 6) is 0. The molecule has 0 saturated heterocycles. The number of allylic oxidation sites excluding steroid dienone is 1. The van der Waals surface area contributed by atoms with Crippen molar-refractivity contribution in [1.29, 1.82) is 0 Å². The molecule has 3 rings (SSSR count). The molecule has 3 aromatic carbocycles. The molecule has 0 atom stereocenters. The lowest BCUT2D eigenvalue weighted by atomic mass is 10.1. The maximum Gasteiger partial charge on any atom is 0.148 e. The minimum Gasteiger partial charge on any atom is -0.103 e. The summed E-state index contributed by atoms with van der Waals surface area (Å²) < 4.78 is 0. The molecule has 0 spiro atoms. The molecule has 0 radical (unpaired) electrons. The van der Waals surface area contributed by atoms with Crippen molar-refractivity contribution in [2.24, 2.45) is 0 Å². The molecular weight excluding hydrogens is 364 g/mol. The third-order valence-corrected chi connectivity index (χ3v) is 11.1. The van der Waals surface area contributed by atoms with Gasteiger partial charge in [0.15, 0.2) is 0 Å². The van der Waals surface area contributed by atoms with Crippen LogP contribution in [-0.4, -0.2) is 8.07 Å². The molecule has 150 valence electrons. The fourth-order valence-electron chi connectivity index (χ4n) is 4.49. The Morgan fingerprint density at radius 1 is 0.517 bits per heavy atom. The Labute approximate surface area is 178 Å². The molecule has 0 N–H and O–H groups in total. The van der Waals surface area contributed by atoms with E-state index in [0.717, 1.165) is 6.42 Å². The Morgan fingerprint density at radius 3 is 1.31 bits per heavy atom. The second-order valence-electron chi connectivity index (χ2n) is 7.95. The Balaban J connectivity index is 1.84. The molecule has 0 saturated carbocycles. The molecule has 1 heteroatoms. The minimum absolute atomic E-state index is 1.16. The average Bonchev–Trinajstić information content (AvgIpc) is 2.80. The predicted octanol–water partition coefficient (Wildman–Crippen LogP) is 6.07. The van der Waals surface area contributed by atoms with Crippen LogP contribution in [0.5, 0.6) is 0 Å². The first-order valence-electron chi connectivity index (χ1n) is 11.2. The van der Waals surface area contributed by atoms with Crippen LogP contribution in [0.3, 0.4) is 0 Å². The monoisotopic (exact) mass is 398 g/mol. The smallest absolute Gasteiger partial charge is 0.103 e. The fraction of sp³-hybridized carbons (Fsp3) is 0.286. The van der Waals surface area contributed by atoms with Crippen LogP contribution in [0.25, 0.3) is 0 Å². The van der Waals surface area contributed by atoms with Crippen molar-refractivity contribution in [2.75, 3.05) is 0 Å². The lowest BCUT2D eigenvalue weighted by Crippen LogP contribution is -2.66. The summed E-state index contributed by atoms with van der Waals surface area (Å²) in [6.45, 7) is 3.83. The Bertz CT molecular complexity index is 727. The fourth-order valence-corrected chi connectivity index (χ4v) is 9.42. The molecular formula is C28H34Si. The second kappa shape index (κ2) is 11.6. The van der Waals surface area contributed by atoms with Gasteiger partial charge >= 0.3 is 0 Å². The normalized spacial score (nSPS) is 11.3. The molecule has 29 heavy (non-hydrogen) atoms. The van der Waals surface area contributed by atoms with E-state index < -0.39 is 8.07 Å². The van der Waals surface area contributed by atoms with Gasteiger partial charge in [0.1, 0.15) is 8.07 Å². The summed E-state index contributed by atoms with van der Waals surface area (Å²) in [6.07, 6.45) is 11.2. The van der Waals surface area contributed by atoms with E-state index in [2.05, 4.69) is 97.6 Å². The Morgan fingerprint density at radius 2 is 0.897 bits per heavy atom. The molecule has 0 unspecified atom stereocenters. The van der Waals surface area contributed by atoms with E-state index in [-0.39, 0.29) is 0 Å². The number of rotatable bonds is 12. The summed E-state index contributed by atoms with van der Waals surface area (Å²) in [7, 11) is -2.02. The Hall–Kier alpha value is -2.38. The van der Waals surface area contributed by atoms with Crippen LogP contribution in [0.2, 0.25) is 6.04 Å². The van der Waals surface area contributed by atoms with Crippen LogP contribution in [0.4, 0.5) is 0 Å². The number of unbranched alkanes of at least 4 members (excludes halogenated alkanes) is 6. The largest absolute Gasteiger partial charge is 0.148 e. The van der Waals surface area contributed by atoms with Crippen LogP contribution >= 0.6 is 0 Å². The SMILES string of the molecule is C=CCCCCCCCC[Si](c1ccccc1)(c1ccccc1)c1ccccc1. The van der Waals surface area contributed by atoms with Gasteiger partial charge in [-0.1, -0.05) is 129 Å². The molecule has 0 nitrogen and oxygen atoms in total. The second-order valence-corrected chi connectivity index (χ2v) is 12.0. The van der Waals surface area contributed by atoms with Crippen molar-refractivity contribution in [3.05, 3.63) is 104 Å². The molecule has 3 aromatic rings.